The summed E-state index contributed by atoms with van der Waals surface area (Å²) in [5, 5.41) is 9.22. The molecule has 0 N–H and O–H groups in total. The van der Waals surface area contributed by atoms with Crippen molar-refractivity contribution in [3.63, 3.8) is 0 Å². The highest BCUT2D eigenvalue weighted by Gasteiger charge is 2.55. The second-order valence-corrected chi connectivity index (χ2v) is 8.86. The maximum absolute atomic E-state index is 11.8. The van der Waals surface area contributed by atoms with Gasteiger partial charge in [0.2, 0.25) is 0 Å². The highest BCUT2D eigenvalue weighted by Crippen LogP contribution is 2.41. The zero-order valence-electron chi connectivity index (χ0n) is 17.5. The molecule has 2 aromatic heterocycles. The lowest BCUT2D eigenvalue weighted by molar-refractivity contribution is -0.0387. The second-order valence-electron chi connectivity index (χ2n) is 7.44. The van der Waals surface area contributed by atoms with Crippen molar-refractivity contribution in [2.75, 3.05) is 25.6 Å². The molecule has 2 aromatic rings. The SMILES string of the molecule is CCCCOCCO[C@H]1C[C@@H](n2nnc3c(Cl)nc(SCCC)nc32)[C@@H]2OC(=O)O[C@@H]21. The van der Waals surface area contributed by atoms with E-state index in [0.29, 0.717) is 42.6 Å². The van der Waals surface area contributed by atoms with Gasteiger partial charge in [-0.25, -0.2) is 19.4 Å². The van der Waals surface area contributed by atoms with Gasteiger partial charge in [0.15, 0.2) is 33.7 Å². The minimum Gasteiger partial charge on any atom is -0.425 e. The van der Waals surface area contributed by atoms with Crippen molar-refractivity contribution in [2.45, 2.75) is 69.0 Å². The fourth-order valence-corrected chi connectivity index (χ4v) is 4.69. The lowest BCUT2D eigenvalue weighted by atomic mass is 10.2. The summed E-state index contributed by atoms with van der Waals surface area (Å²) in [5.41, 5.74) is 0.923. The molecule has 1 aliphatic heterocycles. The van der Waals surface area contributed by atoms with Gasteiger partial charge in [-0.05, 0) is 12.8 Å². The molecule has 0 radical (unpaired) electrons. The third kappa shape index (κ3) is 4.89. The van der Waals surface area contributed by atoms with E-state index in [1.165, 1.54) is 11.8 Å². The van der Waals surface area contributed by atoms with E-state index >= 15 is 0 Å². The van der Waals surface area contributed by atoms with Gasteiger partial charge in [0.25, 0.3) is 0 Å². The Balaban J connectivity index is 1.51. The number of hydrogen-bond acceptors (Lipinski definition) is 10. The number of unbranched alkanes of at least 4 members (excludes halogenated alkanes) is 1. The van der Waals surface area contributed by atoms with Crippen LogP contribution in [0.5, 0.6) is 0 Å². The second kappa shape index (κ2) is 10.3. The fraction of sp³-hybridized carbons (Fsp3) is 0.737. The molecule has 0 aromatic carbocycles. The van der Waals surface area contributed by atoms with E-state index < -0.39 is 18.4 Å². The van der Waals surface area contributed by atoms with E-state index in [9.17, 15) is 4.79 Å². The van der Waals surface area contributed by atoms with Gasteiger partial charge >= 0.3 is 6.16 Å². The van der Waals surface area contributed by atoms with Crippen molar-refractivity contribution < 1.29 is 23.7 Å². The average Bonchev–Trinajstić information content (AvgIpc) is 3.43. The topological polar surface area (TPSA) is 110 Å². The Morgan fingerprint density at radius 2 is 2.00 bits per heavy atom. The van der Waals surface area contributed by atoms with E-state index in [1.54, 1.807) is 4.68 Å². The van der Waals surface area contributed by atoms with Crippen molar-refractivity contribution in [3.05, 3.63) is 5.15 Å². The predicted octanol–water partition coefficient (Wildman–Crippen LogP) is 3.43. The Kier molecular flexibility index (Phi) is 7.47. The zero-order chi connectivity index (χ0) is 21.8. The van der Waals surface area contributed by atoms with Crippen LogP contribution in [0, 0.1) is 0 Å². The zero-order valence-corrected chi connectivity index (χ0v) is 19.1. The smallest absolute Gasteiger partial charge is 0.425 e. The Morgan fingerprint density at radius 3 is 2.81 bits per heavy atom. The molecule has 0 amide bonds. The molecular weight excluding hydrogens is 446 g/mol. The average molecular weight is 472 g/mol. The largest absolute Gasteiger partial charge is 0.509 e. The van der Waals surface area contributed by atoms with Crippen LogP contribution in [0.4, 0.5) is 4.79 Å². The van der Waals surface area contributed by atoms with Crippen LogP contribution in [0.3, 0.4) is 0 Å². The van der Waals surface area contributed by atoms with Gasteiger partial charge in [-0.2, -0.15) is 0 Å². The Morgan fingerprint density at radius 1 is 1.16 bits per heavy atom. The van der Waals surface area contributed by atoms with Crippen LogP contribution in [-0.4, -0.2) is 75.0 Å². The van der Waals surface area contributed by atoms with E-state index in [2.05, 4.69) is 34.1 Å². The molecule has 4 atom stereocenters. The summed E-state index contributed by atoms with van der Waals surface area (Å²) in [4.78, 5) is 20.7. The van der Waals surface area contributed by atoms with Crippen LogP contribution < -0.4 is 0 Å². The minimum atomic E-state index is -0.705. The highest BCUT2D eigenvalue weighted by molar-refractivity contribution is 7.99. The number of ether oxygens (including phenoxy) is 4. The molecule has 1 saturated carbocycles. The van der Waals surface area contributed by atoms with Crippen molar-refractivity contribution >= 4 is 40.7 Å². The molecule has 10 nitrogen and oxygen atoms in total. The Bertz CT molecular complexity index is 915. The molecule has 31 heavy (non-hydrogen) atoms. The Hall–Kier alpha value is -1.69. The van der Waals surface area contributed by atoms with E-state index in [-0.39, 0.29) is 17.3 Å². The van der Waals surface area contributed by atoms with Crippen molar-refractivity contribution in [3.8, 4) is 0 Å². The van der Waals surface area contributed by atoms with Gasteiger partial charge in [0, 0.05) is 18.8 Å². The van der Waals surface area contributed by atoms with Gasteiger partial charge in [0.1, 0.15) is 6.10 Å². The third-order valence-corrected chi connectivity index (χ3v) is 6.54. The third-order valence-electron chi connectivity index (χ3n) is 5.22. The van der Waals surface area contributed by atoms with E-state index in [0.717, 1.165) is 25.0 Å². The summed E-state index contributed by atoms with van der Waals surface area (Å²) in [5.74, 6) is 0.874. The normalized spacial score (nSPS) is 25.1. The summed E-state index contributed by atoms with van der Waals surface area (Å²) in [6.07, 6.45) is 1.54. The van der Waals surface area contributed by atoms with Gasteiger partial charge in [-0.1, -0.05) is 48.8 Å². The molecule has 0 unspecified atom stereocenters. The first-order valence-electron chi connectivity index (χ1n) is 10.6. The Labute approximate surface area is 189 Å². The van der Waals surface area contributed by atoms with Crippen LogP contribution in [0.25, 0.3) is 11.2 Å². The van der Waals surface area contributed by atoms with Crippen LogP contribution in [0.1, 0.15) is 45.6 Å². The number of carbonyl (C=O) groups is 1. The van der Waals surface area contributed by atoms with E-state index in [1.807, 2.05) is 0 Å². The monoisotopic (exact) mass is 471 g/mol. The molecule has 2 aliphatic rings. The summed E-state index contributed by atoms with van der Waals surface area (Å²) >= 11 is 7.84. The maximum Gasteiger partial charge on any atom is 0.509 e. The van der Waals surface area contributed by atoms with Gasteiger partial charge in [-0.3, -0.25) is 0 Å². The summed E-state index contributed by atoms with van der Waals surface area (Å²) in [6.45, 7) is 5.80. The number of rotatable bonds is 11. The number of fused-ring (bicyclic) bond motifs is 2. The lowest BCUT2D eigenvalue weighted by Crippen LogP contribution is -2.31. The summed E-state index contributed by atoms with van der Waals surface area (Å²) < 4.78 is 24.0. The maximum atomic E-state index is 11.8. The number of thioether (sulfide) groups is 1. The van der Waals surface area contributed by atoms with Crippen LogP contribution in [-0.2, 0) is 18.9 Å². The molecular formula is C19H26ClN5O5S. The first-order chi connectivity index (χ1) is 15.1. The first-order valence-corrected chi connectivity index (χ1v) is 12.0. The highest BCUT2D eigenvalue weighted by atomic mass is 35.5. The van der Waals surface area contributed by atoms with Crippen LogP contribution >= 0.6 is 23.4 Å². The predicted molar refractivity (Wildman–Crippen MR) is 113 cm³/mol. The molecule has 0 spiro atoms. The number of hydrogen-bond donors (Lipinski definition) is 0. The number of aromatic nitrogens is 5. The van der Waals surface area contributed by atoms with Gasteiger partial charge in [0.05, 0.1) is 19.3 Å². The number of carbonyl (C=O) groups excluding carboxylic acids is 1. The molecule has 2 fully saturated rings. The first kappa shape index (κ1) is 22.5. The summed E-state index contributed by atoms with van der Waals surface area (Å²) in [6, 6.07) is -0.331. The van der Waals surface area contributed by atoms with E-state index in [4.69, 9.17) is 30.5 Å². The summed E-state index contributed by atoms with van der Waals surface area (Å²) in [7, 11) is 0. The molecule has 0 bridgehead atoms. The lowest BCUT2D eigenvalue weighted by Gasteiger charge is -2.16. The van der Waals surface area contributed by atoms with Crippen molar-refractivity contribution in [2.24, 2.45) is 0 Å². The van der Waals surface area contributed by atoms with Gasteiger partial charge < -0.3 is 18.9 Å². The molecule has 1 aliphatic carbocycles. The van der Waals surface area contributed by atoms with Crippen molar-refractivity contribution in [1.82, 2.24) is 25.0 Å². The molecule has 1 saturated heterocycles. The van der Waals surface area contributed by atoms with Crippen LogP contribution in [0.2, 0.25) is 5.15 Å². The van der Waals surface area contributed by atoms with Gasteiger partial charge in [-0.15, -0.1) is 5.10 Å². The fourth-order valence-electron chi connectivity index (χ4n) is 3.74. The standard InChI is InChI=1S/C19H26ClN5O5S/c1-3-5-6-27-7-8-28-12-10-11(14-15(12)30-19(26)29-14)25-17-13(23-24-25)16(20)21-18(22-17)31-9-4-2/h11-12,14-15H,3-10H2,1-2H3/t11-,12+,14+,15-/m1/s1. The quantitative estimate of drug-likeness (QED) is 0.159. The number of nitrogens with zero attached hydrogens (tertiary/aromatic N) is 5. The molecule has 170 valence electrons. The van der Waals surface area contributed by atoms with Crippen molar-refractivity contribution in [1.29, 1.82) is 0 Å². The molecule has 4 rings (SSSR count). The molecule has 12 heteroatoms. The van der Waals surface area contributed by atoms with Crippen LogP contribution in [0.15, 0.2) is 5.16 Å². The minimum absolute atomic E-state index is 0.251. The number of halogens is 1. The molecule has 3 heterocycles.